The molecular weight excluding hydrogens is 869 g/mol. The van der Waals surface area contributed by atoms with Crippen molar-refractivity contribution in [3.05, 3.63) is 235 Å². The summed E-state index contributed by atoms with van der Waals surface area (Å²) < 4.78 is 11.6. The highest BCUT2D eigenvalue weighted by atomic mass is 32.1. The number of hydrogen-bond donors (Lipinski definition) is 0. The second kappa shape index (κ2) is 17.2. The molecule has 3 heterocycles. The predicted octanol–water partition coefficient (Wildman–Crippen LogP) is 18.4. The third-order valence-corrected chi connectivity index (χ3v) is 16.0. The Morgan fingerprint density at radius 2 is 1.34 bits per heavy atom. The van der Waals surface area contributed by atoms with E-state index in [0.717, 1.165) is 40.1 Å². The minimum absolute atomic E-state index is 0.192. The first-order valence-corrected chi connectivity index (χ1v) is 25.4. The van der Waals surface area contributed by atoms with Crippen molar-refractivity contribution < 1.29 is 4.74 Å². The van der Waals surface area contributed by atoms with Gasteiger partial charge in [0.15, 0.2) is 0 Å². The quantitative estimate of drug-likeness (QED) is 0.133. The third kappa shape index (κ3) is 6.96. The van der Waals surface area contributed by atoms with Gasteiger partial charge in [0.05, 0.1) is 33.2 Å². The number of ether oxygens (including phenoxy) is 1. The van der Waals surface area contributed by atoms with Crippen molar-refractivity contribution in [3.63, 3.8) is 0 Å². The zero-order valence-electron chi connectivity index (χ0n) is 39.5. The molecule has 2 atom stereocenters. The largest absolute Gasteiger partial charge is 0.488 e. The van der Waals surface area contributed by atoms with Gasteiger partial charge in [-0.05, 0) is 110 Å². The third-order valence-electron chi connectivity index (χ3n) is 14.8. The average Bonchev–Trinajstić information content (AvgIpc) is 3.96. The zero-order valence-corrected chi connectivity index (χ0v) is 40.3. The topological polar surface area (TPSA) is 26.5 Å². The number of nitrogens with zero attached hydrogens (tertiary/aromatic N) is 2. The van der Waals surface area contributed by atoms with Crippen molar-refractivity contribution in [2.24, 2.45) is 10.9 Å². The van der Waals surface area contributed by atoms with Crippen LogP contribution in [0.3, 0.4) is 0 Å². The molecule has 0 saturated heterocycles. The van der Waals surface area contributed by atoms with Crippen LogP contribution in [0.5, 0.6) is 5.75 Å². The van der Waals surface area contributed by atoms with Crippen molar-refractivity contribution in [2.75, 3.05) is 0 Å². The van der Waals surface area contributed by atoms with Gasteiger partial charge < -0.3 is 9.30 Å². The highest BCUT2D eigenvalue weighted by Gasteiger charge is 2.28. The number of hydrogen-bond acceptors (Lipinski definition) is 3. The summed E-state index contributed by atoms with van der Waals surface area (Å²) in [6, 6.07) is 75.4. The van der Waals surface area contributed by atoms with Crippen LogP contribution < -0.4 is 4.74 Å². The molecule has 0 amide bonds. The number of rotatable bonds is 9. The smallest absolute Gasteiger partial charge is 0.128 e. The van der Waals surface area contributed by atoms with E-state index in [0.29, 0.717) is 6.61 Å². The summed E-state index contributed by atoms with van der Waals surface area (Å²) in [5.74, 6) is 1.11. The summed E-state index contributed by atoms with van der Waals surface area (Å²) in [6.45, 7) is 7.50. The van der Waals surface area contributed by atoms with Gasteiger partial charge in [0.25, 0.3) is 0 Å². The van der Waals surface area contributed by atoms with Crippen LogP contribution in [0.1, 0.15) is 55.5 Å². The van der Waals surface area contributed by atoms with Gasteiger partial charge in [-0.3, -0.25) is 4.99 Å². The Morgan fingerprint density at radius 1 is 0.629 bits per heavy atom. The van der Waals surface area contributed by atoms with Gasteiger partial charge in [-0.1, -0.05) is 196 Å². The van der Waals surface area contributed by atoms with Crippen molar-refractivity contribution in [3.8, 4) is 33.7 Å². The van der Waals surface area contributed by atoms with Crippen LogP contribution in [0.2, 0.25) is 0 Å². The number of para-hydroxylation sites is 1. The SMILES string of the molecule is CCC(C)C(/N=C(\C=C(/C)c1cccc2c1-c1ccccc1CO2)c1ccc(-c2ccccc2)cc1)c1ccc2c(sc3ccc4ccccc4c32)c1-n1c2ccccc2c2cc3ccccc3cc21. The summed E-state index contributed by atoms with van der Waals surface area (Å²) in [4.78, 5) is 6.10. The van der Waals surface area contributed by atoms with Gasteiger partial charge in [0, 0.05) is 37.4 Å². The lowest BCUT2D eigenvalue weighted by atomic mass is 9.88. The minimum Gasteiger partial charge on any atom is -0.488 e. The van der Waals surface area contributed by atoms with E-state index in [-0.39, 0.29) is 12.0 Å². The van der Waals surface area contributed by atoms with Crippen LogP contribution in [0.15, 0.2) is 217 Å². The van der Waals surface area contributed by atoms with E-state index >= 15 is 0 Å². The summed E-state index contributed by atoms with van der Waals surface area (Å²) in [5, 5.41) is 10.1. The first-order valence-electron chi connectivity index (χ1n) is 24.6. The first-order chi connectivity index (χ1) is 34.5. The molecule has 13 rings (SSSR count). The number of benzene rings is 10. The second-order valence-corrected chi connectivity index (χ2v) is 20.0. The van der Waals surface area contributed by atoms with Crippen molar-refractivity contribution in [1.29, 1.82) is 0 Å². The van der Waals surface area contributed by atoms with Crippen molar-refractivity contribution in [1.82, 2.24) is 4.57 Å². The first kappa shape index (κ1) is 42.1. The van der Waals surface area contributed by atoms with E-state index in [1.54, 1.807) is 0 Å². The van der Waals surface area contributed by atoms with E-state index < -0.39 is 0 Å². The fraction of sp³-hybridized carbons (Fsp3) is 0.106. The Balaban J connectivity index is 1.10. The van der Waals surface area contributed by atoms with Crippen LogP contribution in [0.25, 0.3) is 97.0 Å². The van der Waals surface area contributed by atoms with E-state index in [9.17, 15) is 0 Å². The summed E-state index contributed by atoms with van der Waals surface area (Å²) in [5.41, 5.74) is 15.1. The number of fused-ring (bicyclic) bond motifs is 12. The minimum atomic E-state index is -0.204. The van der Waals surface area contributed by atoms with E-state index in [1.807, 2.05) is 11.3 Å². The summed E-state index contributed by atoms with van der Waals surface area (Å²) >= 11 is 1.91. The molecule has 336 valence electrons. The molecule has 2 aromatic heterocycles. The maximum Gasteiger partial charge on any atom is 0.128 e. The van der Waals surface area contributed by atoms with Crippen LogP contribution in [0, 0.1) is 5.92 Å². The van der Waals surface area contributed by atoms with Crippen molar-refractivity contribution >= 4 is 86.1 Å². The Bertz CT molecular complexity index is 4080. The second-order valence-electron chi connectivity index (χ2n) is 19.0. The molecule has 0 radical (unpaired) electrons. The van der Waals surface area contributed by atoms with Crippen LogP contribution in [0.4, 0.5) is 0 Å². The molecule has 0 saturated carbocycles. The van der Waals surface area contributed by atoms with E-state index in [1.165, 1.54) is 97.0 Å². The van der Waals surface area contributed by atoms with Gasteiger partial charge >= 0.3 is 0 Å². The number of aliphatic imine (C=N–C) groups is 1. The lowest BCUT2D eigenvalue weighted by molar-refractivity contribution is 0.302. The number of thiophene rings is 1. The predicted molar refractivity (Wildman–Crippen MR) is 299 cm³/mol. The van der Waals surface area contributed by atoms with E-state index in [2.05, 4.69) is 238 Å². The highest BCUT2D eigenvalue weighted by Crippen LogP contribution is 2.48. The Labute approximate surface area is 412 Å². The maximum absolute atomic E-state index is 6.41. The molecule has 70 heavy (non-hydrogen) atoms. The molecule has 0 bridgehead atoms. The molecule has 0 aliphatic carbocycles. The molecule has 12 aromatic rings. The lowest BCUT2D eigenvalue weighted by Crippen LogP contribution is -2.14. The monoisotopic (exact) mass is 918 g/mol. The maximum atomic E-state index is 6.41. The van der Waals surface area contributed by atoms with Crippen LogP contribution in [-0.4, -0.2) is 10.3 Å². The molecule has 0 fully saturated rings. The summed E-state index contributed by atoms with van der Waals surface area (Å²) in [6.07, 6.45) is 3.28. The standard InChI is InChI=1S/C66H50N2OS/c1-4-41(2)64(67-57(46-31-29-44(30-32-46)43-17-6-5-7-18-43)37-42(3)50-26-16-28-60-62(50)52-24-13-11-22-49(52)40-69-60)55-35-34-54-63-51-23-12-10-19-45(51)33-36-61(63)70-66(54)65(55)68-58-27-15-14-25-53(58)56-38-47-20-8-9-21-48(47)39-59(56)68/h5-39,41,64H,4,40H2,1-3H3/b42-37+,67-57+. The summed E-state index contributed by atoms with van der Waals surface area (Å²) in [7, 11) is 0. The van der Waals surface area contributed by atoms with Gasteiger partial charge in [0.1, 0.15) is 12.4 Å². The number of aromatic nitrogens is 1. The normalized spacial score (nSPS) is 13.8. The lowest BCUT2D eigenvalue weighted by Gasteiger charge is -2.26. The highest BCUT2D eigenvalue weighted by molar-refractivity contribution is 7.26. The molecule has 2 unspecified atom stereocenters. The molecule has 0 N–H and O–H groups in total. The van der Waals surface area contributed by atoms with Gasteiger partial charge in [-0.15, -0.1) is 11.3 Å². The van der Waals surface area contributed by atoms with Crippen LogP contribution >= 0.6 is 11.3 Å². The zero-order chi connectivity index (χ0) is 46.9. The molecular formula is C66H50N2OS. The molecule has 1 aliphatic heterocycles. The Morgan fingerprint density at radius 3 is 2.17 bits per heavy atom. The molecule has 1 aliphatic rings. The van der Waals surface area contributed by atoms with E-state index in [4.69, 9.17) is 9.73 Å². The Kier molecular flexibility index (Phi) is 10.3. The van der Waals surface area contributed by atoms with Gasteiger partial charge in [-0.2, -0.15) is 0 Å². The van der Waals surface area contributed by atoms with Gasteiger partial charge in [0.2, 0.25) is 0 Å². The van der Waals surface area contributed by atoms with Gasteiger partial charge in [-0.25, -0.2) is 0 Å². The Hall–Kier alpha value is -8.05. The fourth-order valence-electron chi connectivity index (χ4n) is 11.1. The molecule has 3 nitrogen and oxygen atoms in total. The molecule has 10 aromatic carbocycles. The fourth-order valence-corrected chi connectivity index (χ4v) is 12.4. The number of allylic oxidation sites excluding steroid dienone is 2. The average molecular weight is 919 g/mol. The molecule has 4 heteroatoms. The molecule has 0 spiro atoms. The van der Waals surface area contributed by atoms with Crippen molar-refractivity contribution in [2.45, 2.75) is 39.8 Å². The van der Waals surface area contributed by atoms with Crippen LogP contribution in [-0.2, 0) is 6.61 Å².